The fourth-order valence-electron chi connectivity index (χ4n) is 4.57. The second-order valence-corrected chi connectivity index (χ2v) is 11.6. The minimum atomic E-state index is -4.09. The van der Waals surface area contributed by atoms with Crippen LogP contribution in [-0.4, -0.2) is 54.0 Å². The van der Waals surface area contributed by atoms with Gasteiger partial charge in [0.25, 0.3) is 15.9 Å². The van der Waals surface area contributed by atoms with Gasteiger partial charge in [-0.3, -0.25) is 14.4 Å². The van der Waals surface area contributed by atoms with Crippen molar-refractivity contribution < 1.29 is 27.2 Å². The van der Waals surface area contributed by atoms with Crippen LogP contribution in [-0.2, 0) is 32.6 Å². The number of benzene rings is 3. The van der Waals surface area contributed by atoms with Crippen LogP contribution in [0.25, 0.3) is 0 Å². The summed E-state index contributed by atoms with van der Waals surface area (Å²) >= 11 is 0. The SMILES string of the molecule is CCC(C)NC(=O)C(Cc1ccccc1)N(Cc1ccc(F)cc1)C(=O)CCN1C(=O)c2ccccc2S1(=O)=O. The Bertz CT molecular complexity index is 1480. The Labute approximate surface area is 233 Å². The lowest BCUT2D eigenvalue weighted by molar-refractivity contribution is -0.141. The van der Waals surface area contributed by atoms with E-state index < -0.39 is 33.7 Å². The van der Waals surface area contributed by atoms with Gasteiger partial charge in [0.2, 0.25) is 11.8 Å². The number of carbonyl (C=O) groups is 3. The van der Waals surface area contributed by atoms with Gasteiger partial charge in [-0.15, -0.1) is 0 Å². The molecule has 1 aliphatic heterocycles. The van der Waals surface area contributed by atoms with Crippen LogP contribution in [0.4, 0.5) is 4.39 Å². The molecule has 2 unspecified atom stereocenters. The summed E-state index contributed by atoms with van der Waals surface area (Å²) in [4.78, 5) is 41.5. The van der Waals surface area contributed by atoms with Crippen LogP contribution in [0.3, 0.4) is 0 Å². The first kappa shape index (κ1) is 28.9. The zero-order chi connectivity index (χ0) is 28.9. The van der Waals surface area contributed by atoms with Crippen LogP contribution in [0.1, 0.15) is 48.2 Å². The van der Waals surface area contributed by atoms with E-state index in [9.17, 15) is 27.2 Å². The molecule has 8 nitrogen and oxygen atoms in total. The normalized spacial score (nSPS) is 15.3. The van der Waals surface area contributed by atoms with E-state index in [4.69, 9.17) is 0 Å². The van der Waals surface area contributed by atoms with Crippen LogP contribution >= 0.6 is 0 Å². The summed E-state index contributed by atoms with van der Waals surface area (Å²) < 4.78 is 40.4. The largest absolute Gasteiger partial charge is 0.352 e. The van der Waals surface area contributed by atoms with Crippen LogP contribution in [0, 0.1) is 5.82 Å². The number of rotatable bonds is 11. The Morgan fingerprint density at radius 1 is 0.950 bits per heavy atom. The van der Waals surface area contributed by atoms with Gasteiger partial charge in [-0.2, -0.15) is 0 Å². The predicted octanol–water partition coefficient (Wildman–Crippen LogP) is 3.92. The third-order valence-corrected chi connectivity index (χ3v) is 8.82. The van der Waals surface area contributed by atoms with Crippen molar-refractivity contribution in [2.24, 2.45) is 0 Å². The lowest BCUT2D eigenvalue weighted by atomic mass is 10.0. The number of halogens is 1. The molecule has 0 spiro atoms. The van der Waals surface area contributed by atoms with Crippen LogP contribution in [0.15, 0.2) is 83.8 Å². The van der Waals surface area contributed by atoms with E-state index in [1.807, 2.05) is 44.2 Å². The molecule has 0 saturated carbocycles. The lowest BCUT2D eigenvalue weighted by Gasteiger charge is -2.32. The number of amides is 3. The zero-order valence-electron chi connectivity index (χ0n) is 22.4. The second kappa shape index (κ2) is 12.4. The summed E-state index contributed by atoms with van der Waals surface area (Å²) in [5.74, 6) is -1.99. The molecule has 2 atom stereocenters. The molecule has 210 valence electrons. The van der Waals surface area contributed by atoms with Crippen LogP contribution in [0.2, 0.25) is 0 Å². The van der Waals surface area contributed by atoms with Gasteiger partial charge in [0.1, 0.15) is 16.8 Å². The molecular weight excluding hydrogens is 533 g/mol. The quantitative estimate of drug-likeness (QED) is 0.380. The maximum atomic E-state index is 13.8. The highest BCUT2D eigenvalue weighted by atomic mass is 32.2. The molecule has 0 bridgehead atoms. The molecule has 1 aliphatic rings. The molecule has 0 radical (unpaired) electrons. The Kier molecular flexibility index (Phi) is 8.99. The summed E-state index contributed by atoms with van der Waals surface area (Å²) in [6.45, 7) is 3.42. The highest BCUT2D eigenvalue weighted by Gasteiger charge is 2.41. The average molecular weight is 566 g/mol. The van der Waals surface area contributed by atoms with E-state index in [0.717, 1.165) is 5.56 Å². The molecule has 10 heteroatoms. The van der Waals surface area contributed by atoms with Crippen molar-refractivity contribution in [1.29, 1.82) is 0 Å². The monoisotopic (exact) mass is 565 g/mol. The minimum Gasteiger partial charge on any atom is -0.352 e. The number of fused-ring (bicyclic) bond motifs is 1. The fraction of sp³-hybridized carbons (Fsp3) is 0.300. The summed E-state index contributed by atoms with van der Waals surface area (Å²) in [6, 6.07) is 19.7. The lowest BCUT2D eigenvalue weighted by Crippen LogP contribution is -2.52. The molecule has 1 heterocycles. The predicted molar refractivity (Wildman–Crippen MR) is 148 cm³/mol. The number of carbonyl (C=O) groups excluding carboxylic acids is 3. The van der Waals surface area contributed by atoms with E-state index in [0.29, 0.717) is 16.3 Å². The summed E-state index contributed by atoms with van der Waals surface area (Å²) in [5, 5.41) is 2.96. The molecule has 40 heavy (non-hydrogen) atoms. The Hall–Kier alpha value is -4.05. The third-order valence-electron chi connectivity index (χ3n) is 6.98. The molecule has 4 rings (SSSR count). The first-order chi connectivity index (χ1) is 19.1. The van der Waals surface area contributed by atoms with Crippen LogP contribution < -0.4 is 5.32 Å². The third kappa shape index (κ3) is 6.39. The van der Waals surface area contributed by atoms with E-state index in [1.165, 1.54) is 47.4 Å². The second-order valence-electron chi connectivity index (χ2n) is 9.80. The maximum absolute atomic E-state index is 13.8. The van der Waals surface area contributed by atoms with Gasteiger partial charge in [0.15, 0.2) is 0 Å². The average Bonchev–Trinajstić information content (AvgIpc) is 3.15. The van der Waals surface area contributed by atoms with Crippen molar-refractivity contribution >= 4 is 27.7 Å². The molecule has 3 aromatic carbocycles. The molecule has 0 aromatic heterocycles. The smallest absolute Gasteiger partial charge is 0.269 e. The Morgan fingerprint density at radius 2 is 1.60 bits per heavy atom. The highest BCUT2D eigenvalue weighted by Crippen LogP contribution is 2.30. The van der Waals surface area contributed by atoms with Crippen molar-refractivity contribution in [2.75, 3.05) is 6.54 Å². The van der Waals surface area contributed by atoms with Gasteiger partial charge >= 0.3 is 0 Å². The molecule has 0 fully saturated rings. The summed E-state index contributed by atoms with van der Waals surface area (Å²) in [7, 11) is -4.09. The van der Waals surface area contributed by atoms with Gasteiger partial charge in [-0.1, -0.05) is 61.5 Å². The van der Waals surface area contributed by atoms with Gasteiger partial charge < -0.3 is 10.2 Å². The highest BCUT2D eigenvalue weighted by molar-refractivity contribution is 7.90. The molecule has 3 amide bonds. The van der Waals surface area contributed by atoms with E-state index in [-0.39, 0.29) is 48.3 Å². The van der Waals surface area contributed by atoms with Crippen molar-refractivity contribution in [3.05, 3.63) is 101 Å². The summed E-state index contributed by atoms with van der Waals surface area (Å²) in [5.41, 5.74) is 1.49. The van der Waals surface area contributed by atoms with Crippen molar-refractivity contribution in [1.82, 2.24) is 14.5 Å². The maximum Gasteiger partial charge on any atom is 0.269 e. The first-order valence-electron chi connectivity index (χ1n) is 13.2. The summed E-state index contributed by atoms with van der Waals surface area (Å²) in [6.07, 6.45) is 0.565. The number of nitrogens with zero attached hydrogens (tertiary/aromatic N) is 2. The van der Waals surface area contributed by atoms with Gasteiger partial charge in [-0.25, -0.2) is 17.1 Å². The van der Waals surface area contributed by atoms with Crippen LogP contribution in [0.5, 0.6) is 0 Å². The van der Waals surface area contributed by atoms with Crippen molar-refractivity contribution in [3.63, 3.8) is 0 Å². The van der Waals surface area contributed by atoms with E-state index >= 15 is 0 Å². The number of hydrogen-bond acceptors (Lipinski definition) is 5. The number of nitrogens with one attached hydrogen (secondary N) is 1. The van der Waals surface area contributed by atoms with E-state index in [1.54, 1.807) is 6.07 Å². The first-order valence-corrected chi connectivity index (χ1v) is 14.6. The number of hydrogen-bond donors (Lipinski definition) is 1. The van der Waals surface area contributed by atoms with Crippen molar-refractivity contribution in [3.8, 4) is 0 Å². The standard InChI is InChI=1S/C30H32FN3O5S/c1-3-21(2)32-29(36)26(19-22-9-5-4-6-10-22)33(20-23-13-15-24(31)16-14-23)28(35)17-18-34-30(37)25-11-7-8-12-27(25)40(34,38)39/h4-16,21,26H,3,17-20H2,1-2H3,(H,32,36). The van der Waals surface area contributed by atoms with Gasteiger partial charge in [-0.05, 0) is 48.7 Å². The van der Waals surface area contributed by atoms with Gasteiger partial charge in [0, 0.05) is 32.0 Å². The minimum absolute atomic E-state index is 0.00847. The molecular formula is C30H32FN3O5S. The molecule has 3 aromatic rings. The molecule has 0 aliphatic carbocycles. The molecule has 0 saturated heterocycles. The van der Waals surface area contributed by atoms with Crippen molar-refractivity contribution in [2.45, 2.75) is 56.6 Å². The Balaban J connectivity index is 1.64. The zero-order valence-corrected chi connectivity index (χ0v) is 23.2. The number of sulfonamides is 1. The topological polar surface area (TPSA) is 104 Å². The Morgan fingerprint density at radius 3 is 2.25 bits per heavy atom. The van der Waals surface area contributed by atoms with E-state index in [2.05, 4.69) is 5.32 Å². The molecule has 1 N–H and O–H groups in total. The fourth-order valence-corrected chi connectivity index (χ4v) is 6.14. The van der Waals surface area contributed by atoms with Gasteiger partial charge in [0.05, 0.1) is 5.56 Å².